The second kappa shape index (κ2) is 10.5. The van der Waals surface area contributed by atoms with Crippen LogP contribution in [0.15, 0.2) is 47.5 Å². The topological polar surface area (TPSA) is 76.9 Å². The average Bonchev–Trinajstić information content (AvgIpc) is 3.13. The Labute approximate surface area is 204 Å². The number of hydrogen-bond acceptors (Lipinski definition) is 4. The third kappa shape index (κ3) is 5.24. The number of nitrogens with zero attached hydrogens (tertiary/aromatic N) is 3. The number of aromatic amines is 1. The molecule has 0 unspecified atom stereocenters. The van der Waals surface area contributed by atoms with Crippen molar-refractivity contribution in [1.29, 1.82) is 5.26 Å². The van der Waals surface area contributed by atoms with Crippen molar-refractivity contribution < 1.29 is 0 Å². The Hall–Kier alpha value is -1.20. The lowest BCUT2D eigenvalue weighted by Crippen LogP contribution is -1.93. The summed E-state index contributed by atoms with van der Waals surface area (Å²) in [5.74, 6) is 0.932. The van der Waals surface area contributed by atoms with Crippen LogP contribution in [0.1, 0.15) is 27.8 Å². The van der Waals surface area contributed by atoms with Gasteiger partial charge in [-0.05, 0) is 34.4 Å². The molecule has 0 saturated carbocycles. The smallest absolute Gasteiger partial charge is 0.172 e. The molecule has 1 heterocycles. The second-order valence-corrected chi connectivity index (χ2v) is 8.21. The van der Waals surface area contributed by atoms with E-state index in [9.17, 15) is 5.26 Å². The molecule has 142 valence electrons. The molecule has 28 heavy (non-hydrogen) atoms. The Balaban J connectivity index is 1.86. The Morgan fingerprint density at radius 2 is 1.86 bits per heavy atom. The molecular formula is C20H16I3N5. The van der Waals surface area contributed by atoms with Gasteiger partial charge in [0, 0.05) is 25.2 Å². The van der Waals surface area contributed by atoms with Crippen molar-refractivity contribution in [3.8, 4) is 6.07 Å². The number of benzene rings is 2. The van der Waals surface area contributed by atoms with E-state index in [1.165, 1.54) is 16.7 Å². The van der Waals surface area contributed by atoms with Crippen LogP contribution < -0.4 is 5.32 Å². The normalized spacial score (nSPS) is 10.9. The lowest BCUT2D eigenvalue weighted by Gasteiger charge is -2.05. The van der Waals surface area contributed by atoms with Gasteiger partial charge in [0.1, 0.15) is 11.6 Å². The van der Waals surface area contributed by atoms with E-state index in [4.69, 9.17) is 0 Å². The number of nitriles is 1. The van der Waals surface area contributed by atoms with Crippen molar-refractivity contribution in [2.24, 2.45) is 4.99 Å². The van der Waals surface area contributed by atoms with E-state index >= 15 is 0 Å². The number of alkyl halides is 3. The van der Waals surface area contributed by atoms with Crippen LogP contribution >= 0.6 is 67.8 Å². The van der Waals surface area contributed by atoms with Gasteiger partial charge in [-0.1, -0.05) is 98.1 Å². The van der Waals surface area contributed by atoms with Gasteiger partial charge in [0.25, 0.3) is 0 Å². The Morgan fingerprint density at radius 3 is 2.57 bits per heavy atom. The Kier molecular flexibility index (Phi) is 8.10. The van der Waals surface area contributed by atoms with Crippen LogP contribution in [0.5, 0.6) is 0 Å². The summed E-state index contributed by atoms with van der Waals surface area (Å²) in [7, 11) is 0. The number of aromatic nitrogens is 2. The summed E-state index contributed by atoms with van der Waals surface area (Å²) in [5, 5.41) is 19.9. The molecule has 0 saturated heterocycles. The van der Waals surface area contributed by atoms with Crippen LogP contribution in [0.25, 0.3) is 0 Å². The summed E-state index contributed by atoms with van der Waals surface area (Å²) in [6.07, 6.45) is 1.79. The maximum absolute atomic E-state index is 9.61. The van der Waals surface area contributed by atoms with Crippen molar-refractivity contribution in [1.82, 2.24) is 10.2 Å². The van der Waals surface area contributed by atoms with Gasteiger partial charge in [0.2, 0.25) is 0 Å². The lowest BCUT2D eigenvalue weighted by atomic mass is 10.1. The van der Waals surface area contributed by atoms with Crippen LogP contribution in [0.4, 0.5) is 17.3 Å². The molecule has 0 aliphatic heterocycles. The first kappa shape index (κ1) is 21.5. The van der Waals surface area contributed by atoms with Gasteiger partial charge in [-0.15, -0.1) is 0 Å². The molecule has 1 aromatic heterocycles. The van der Waals surface area contributed by atoms with Crippen LogP contribution in [-0.4, -0.2) is 16.4 Å². The Bertz CT molecular complexity index is 1040. The number of halogens is 3. The third-order valence-electron chi connectivity index (χ3n) is 4.04. The fourth-order valence-corrected chi connectivity index (χ4v) is 4.22. The first-order chi connectivity index (χ1) is 13.7. The van der Waals surface area contributed by atoms with E-state index in [0.29, 0.717) is 17.2 Å². The van der Waals surface area contributed by atoms with Gasteiger partial charge in [0.05, 0.1) is 0 Å². The highest BCUT2D eigenvalue weighted by molar-refractivity contribution is 14.1. The van der Waals surface area contributed by atoms with E-state index in [1.54, 1.807) is 6.21 Å². The molecule has 0 spiro atoms. The summed E-state index contributed by atoms with van der Waals surface area (Å²) in [6.45, 7) is 0. The average molecular weight is 707 g/mol. The number of hydrogen-bond donors (Lipinski definition) is 2. The summed E-state index contributed by atoms with van der Waals surface area (Å²) >= 11 is 7.04. The Morgan fingerprint density at radius 1 is 1.07 bits per heavy atom. The minimum absolute atomic E-state index is 0.399. The molecule has 0 amide bonds. The zero-order valence-electron chi connectivity index (χ0n) is 14.7. The number of nitrogens with one attached hydrogen (secondary N) is 2. The van der Waals surface area contributed by atoms with E-state index in [1.807, 2.05) is 18.2 Å². The fraction of sp³-hybridized carbons (Fsp3) is 0.150. The maximum Gasteiger partial charge on any atom is 0.172 e. The zero-order chi connectivity index (χ0) is 19.9. The highest BCUT2D eigenvalue weighted by Crippen LogP contribution is 2.27. The van der Waals surface area contributed by atoms with Gasteiger partial charge in [-0.25, -0.2) is 4.99 Å². The molecule has 2 N–H and O–H groups in total. The predicted molar refractivity (Wildman–Crippen MR) is 140 cm³/mol. The predicted octanol–water partition coefficient (Wildman–Crippen LogP) is 6.58. The van der Waals surface area contributed by atoms with Gasteiger partial charge >= 0.3 is 0 Å². The molecule has 0 fully saturated rings. The van der Waals surface area contributed by atoms with Crippen molar-refractivity contribution in [2.75, 3.05) is 5.32 Å². The van der Waals surface area contributed by atoms with Gasteiger partial charge in [-0.2, -0.15) is 10.4 Å². The van der Waals surface area contributed by atoms with Crippen molar-refractivity contribution in [3.63, 3.8) is 0 Å². The van der Waals surface area contributed by atoms with Crippen LogP contribution in [0.2, 0.25) is 0 Å². The number of rotatable bonds is 7. The van der Waals surface area contributed by atoms with Gasteiger partial charge in [-0.3, -0.25) is 5.10 Å². The summed E-state index contributed by atoms with van der Waals surface area (Å²) < 4.78 is 2.80. The maximum atomic E-state index is 9.61. The molecule has 3 rings (SSSR count). The quantitative estimate of drug-likeness (QED) is 0.166. The van der Waals surface area contributed by atoms with Gasteiger partial charge in [0.15, 0.2) is 11.6 Å². The monoisotopic (exact) mass is 707 g/mol. The first-order valence-corrected chi connectivity index (χ1v) is 12.9. The minimum atomic E-state index is 0.399. The molecule has 0 radical (unpaired) electrons. The largest absolute Gasteiger partial charge is 0.338 e. The minimum Gasteiger partial charge on any atom is -0.338 e. The summed E-state index contributed by atoms with van der Waals surface area (Å²) in [5.41, 5.74) is 6.07. The van der Waals surface area contributed by atoms with E-state index in [2.05, 4.69) is 119 Å². The molecule has 5 nitrogen and oxygen atoms in total. The molecule has 3 aromatic rings. The van der Waals surface area contributed by atoms with Crippen molar-refractivity contribution in [2.45, 2.75) is 13.3 Å². The SMILES string of the molecule is N#Cc1c(Nc2cccc(CI)c2)n[nH]c1/N=C/c1ccc(CI)cc1CI. The molecule has 8 heteroatoms. The molecule has 0 atom stereocenters. The summed E-state index contributed by atoms with van der Waals surface area (Å²) in [4.78, 5) is 4.50. The van der Waals surface area contributed by atoms with Crippen molar-refractivity contribution >= 4 is 91.3 Å². The molecule has 0 bridgehead atoms. The third-order valence-corrected chi connectivity index (χ3v) is 6.62. The van der Waals surface area contributed by atoms with E-state index < -0.39 is 0 Å². The van der Waals surface area contributed by atoms with Crippen molar-refractivity contribution in [3.05, 3.63) is 70.3 Å². The second-order valence-electron chi connectivity index (χ2n) is 5.93. The van der Waals surface area contributed by atoms with E-state index in [-0.39, 0.29) is 0 Å². The summed E-state index contributed by atoms with van der Waals surface area (Å²) in [6, 6.07) is 16.6. The highest BCUT2D eigenvalue weighted by atomic mass is 127. The standard InChI is InChI=1S/C20H16I3N5/c21-8-13-2-1-3-17(7-13)26-20-18(11-24)19(27-28-20)25-12-15-5-4-14(9-22)6-16(15)10-23/h1-7,12H,8-10H2,(H2,26,27,28)/b25-12+. The molecule has 0 aliphatic carbocycles. The lowest BCUT2D eigenvalue weighted by molar-refractivity contribution is 1.09. The molecule has 2 aromatic carbocycles. The van der Waals surface area contributed by atoms with Crippen LogP contribution in [0, 0.1) is 11.3 Å². The fourth-order valence-electron chi connectivity index (χ4n) is 2.61. The molecule has 0 aliphatic rings. The first-order valence-electron chi connectivity index (χ1n) is 8.36. The number of anilines is 2. The number of aliphatic imine (C=N–C) groups is 1. The molecular weight excluding hydrogens is 691 g/mol. The van der Waals surface area contributed by atoms with E-state index in [0.717, 1.165) is 24.5 Å². The number of H-pyrrole nitrogens is 1. The van der Waals surface area contributed by atoms with Crippen LogP contribution in [-0.2, 0) is 13.3 Å². The highest BCUT2D eigenvalue weighted by Gasteiger charge is 2.13. The zero-order valence-corrected chi connectivity index (χ0v) is 21.2. The van der Waals surface area contributed by atoms with Crippen LogP contribution in [0.3, 0.4) is 0 Å². The van der Waals surface area contributed by atoms with Gasteiger partial charge < -0.3 is 5.32 Å².